The molecule has 4 nitrogen and oxygen atoms in total. The normalized spacial score (nSPS) is 11.1. The fourth-order valence-electron chi connectivity index (χ4n) is 3.50. The van der Waals surface area contributed by atoms with Crippen molar-refractivity contribution >= 4 is 0 Å². The largest absolute Gasteiger partial charge is 0.493 e. The van der Waals surface area contributed by atoms with E-state index in [1.54, 1.807) is 7.11 Å². The molecule has 0 saturated carbocycles. The van der Waals surface area contributed by atoms with Crippen molar-refractivity contribution in [2.75, 3.05) is 33.3 Å². The van der Waals surface area contributed by atoms with Crippen LogP contribution in [0.2, 0.25) is 0 Å². The third-order valence-corrected chi connectivity index (χ3v) is 5.31. The smallest absolute Gasteiger partial charge is 0.166 e. The van der Waals surface area contributed by atoms with Gasteiger partial charge in [0.25, 0.3) is 0 Å². The van der Waals surface area contributed by atoms with Crippen molar-refractivity contribution in [3.63, 3.8) is 0 Å². The van der Waals surface area contributed by atoms with Gasteiger partial charge in [-0.3, -0.25) is 0 Å². The van der Waals surface area contributed by atoms with Gasteiger partial charge in [0.15, 0.2) is 11.5 Å². The zero-order valence-electron chi connectivity index (χ0n) is 19.2. The average Bonchev–Trinajstić information content (AvgIpc) is 2.79. The quantitative estimate of drug-likeness (QED) is 0.361. The zero-order chi connectivity index (χ0) is 21.4. The average molecular weight is 413 g/mol. The number of benzene rings is 2. The van der Waals surface area contributed by atoms with Crippen molar-refractivity contribution < 1.29 is 9.47 Å². The van der Waals surface area contributed by atoms with Gasteiger partial charge in [0, 0.05) is 12.1 Å². The highest BCUT2D eigenvalue weighted by atomic mass is 16.5. The molecule has 0 aromatic heterocycles. The summed E-state index contributed by atoms with van der Waals surface area (Å²) < 4.78 is 11.7. The minimum absolute atomic E-state index is 0.540. The second-order valence-corrected chi connectivity index (χ2v) is 7.80. The number of rotatable bonds is 16. The number of nitrogens with zero attached hydrogens (tertiary/aromatic N) is 1. The van der Waals surface area contributed by atoms with E-state index >= 15 is 0 Å². The van der Waals surface area contributed by atoms with Crippen molar-refractivity contribution in [2.45, 2.75) is 59.1 Å². The van der Waals surface area contributed by atoms with Crippen molar-refractivity contribution in [1.29, 1.82) is 0 Å². The number of unbranched alkanes of at least 4 members (excludes halogenated alkanes) is 2. The highest BCUT2D eigenvalue weighted by Gasteiger charge is 2.11. The maximum absolute atomic E-state index is 6.16. The van der Waals surface area contributed by atoms with E-state index in [2.05, 4.69) is 42.3 Å². The van der Waals surface area contributed by atoms with Crippen molar-refractivity contribution in [2.24, 2.45) is 0 Å². The van der Waals surface area contributed by atoms with E-state index in [1.165, 1.54) is 45.3 Å². The molecule has 1 N–H and O–H groups in total. The van der Waals surface area contributed by atoms with Crippen LogP contribution in [-0.4, -0.2) is 38.2 Å². The molecule has 0 bridgehead atoms. The summed E-state index contributed by atoms with van der Waals surface area (Å²) in [7, 11) is 1.70. The first-order valence-corrected chi connectivity index (χ1v) is 11.5. The minimum Gasteiger partial charge on any atom is -0.493 e. The molecule has 2 aromatic carbocycles. The maximum Gasteiger partial charge on any atom is 0.166 e. The van der Waals surface area contributed by atoms with Crippen LogP contribution in [0, 0.1) is 0 Å². The molecule has 0 aliphatic carbocycles. The summed E-state index contributed by atoms with van der Waals surface area (Å²) in [5.74, 6) is 1.62. The summed E-state index contributed by atoms with van der Waals surface area (Å²) in [6, 6.07) is 16.4. The van der Waals surface area contributed by atoms with Crippen molar-refractivity contribution in [1.82, 2.24) is 10.2 Å². The Balaban J connectivity index is 1.83. The van der Waals surface area contributed by atoms with Gasteiger partial charge in [-0.05, 0) is 57.1 Å². The van der Waals surface area contributed by atoms with Gasteiger partial charge in [-0.25, -0.2) is 0 Å². The monoisotopic (exact) mass is 412 g/mol. The molecule has 0 fully saturated rings. The first-order valence-electron chi connectivity index (χ1n) is 11.5. The first kappa shape index (κ1) is 24.2. The van der Waals surface area contributed by atoms with Crippen LogP contribution in [0.1, 0.15) is 57.1 Å². The van der Waals surface area contributed by atoms with Gasteiger partial charge in [-0.1, -0.05) is 69.2 Å². The molecule has 0 saturated heterocycles. The predicted molar refractivity (Wildman–Crippen MR) is 126 cm³/mol. The molecule has 0 unspecified atom stereocenters. The maximum atomic E-state index is 6.16. The minimum atomic E-state index is 0.540. The van der Waals surface area contributed by atoms with Gasteiger partial charge >= 0.3 is 0 Å². The molecule has 0 aliphatic heterocycles. The molecular formula is C26H40N2O2. The lowest BCUT2D eigenvalue weighted by atomic mass is 10.1. The van der Waals surface area contributed by atoms with E-state index in [1.807, 2.05) is 30.3 Å². The van der Waals surface area contributed by atoms with Crippen LogP contribution in [0.25, 0.3) is 0 Å². The van der Waals surface area contributed by atoms with Crippen molar-refractivity contribution in [3.05, 3.63) is 59.7 Å². The van der Waals surface area contributed by atoms with E-state index in [0.29, 0.717) is 6.61 Å². The zero-order valence-corrected chi connectivity index (χ0v) is 19.2. The fourth-order valence-corrected chi connectivity index (χ4v) is 3.50. The molecule has 0 spiro atoms. The van der Waals surface area contributed by atoms with Gasteiger partial charge in [0.1, 0.15) is 6.61 Å². The number of para-hydroxylation sites is 1. The summed E-state index contributed by atoms with van der Waals surface area (Å²) in [4.78, 5) is 2.62. The molecular weight excluding hydrogens is 372 g/mol. The SMILES string of the molecule is CCCCN(CCCC)CCCNCc1cccc(OC)c1OCc1ccccc1. The standard InChI is InChI=1S/C26H40N2O2/c1-4-6-18-28(19-7-5-2)20-12-17-27-21-24-15-11-16-25(29-3)26(24)30-22-23-13-9-8-10-14-23/h8-11,13-16,27H,4-7,12,17-22H2,1-3H3. The lowest BCUT2D eigenvalue weighted by Gasteiger charge is -2.22. The molecule has 0 atom stereocenters. The van der Waals surface area contributed by atoms with Gasteiger partial charge in [-0.2, -0.15) is 0 Å². The van der Waals surface area contributed by atoms with Crippen LogP contribution in [-0.2, 0) is 13.2 Å². The predicted octanol–water partition coefficient (Wildman–Crippen LogP) is 5.66. The van der Waals surface area contributed by atoms with E-state index in [4.69, 9.17) is 9.47 Å². The lowest BCUT2D eigenvalue weighted by molar-refractivity contribution is 0.260. The third kappa shape index (κ3) is 8.76. The molecule has 0 radical (unpaired) electrons. The first-order chi connectivity index (χ1) is 14.8. The summed E-state index contributed by atoms with van der Waals surface area (Å²) >= 11 is 0. The van der Waals surface area contributed by atoms with Crippen molar-refractivity contribution in [3.8, 4) is 11.5 Å². The Kier molecular flexibility index (Phi) is 12.0. The van der Waals surface area contributed by atoms with E-state index < -0.39 is 0 Å². The Morgan fingerprint density at radius 1 is 0.833 bits per heavy atom. The third-order valence-electron chi connectivity index (χ3n) is 5.31. The Morgan fingerprint density at radius 2 is 1.53 bits per heavy atom. The second kappa shape index (κ2) is 14.9. The Labute approximate surface area is 183 Å². The lowest BCUT2D eigenvalue weighted by Crippen LogP contribution is -2.29. The fraction of sp³-hybridized carbons (Fsp3) is 0.538. The van der Waals surface area contributed by atoms with Gasteiger partial charge in [-0.15, -0.1) is 0 Å². The van der Waals surface area contributed by atoms with E-state index in [0.717, 1.165) is 42.1 Å². The molecule has 0 heterocycles. The molecule has 30 heavy (non-hydrogen) atoms. The van der Waals surface area contributed by atoms with Crippen LogP contribution in [0.4, 0.5) is 0 Å². The van der Waals surface area contributed by atoms with Crippen LogP contribution < -0.4 is 14.8 Å². The Bertz CT molecular complexity index is 683. The molecule has 2 aromatic rings. The topological polar surface area (TPSA) is 33.7 Å². The van der Waals surface area contributed by atoms with Crippen LogP contribution in [0.5, 0.6) is 11.5 Å². The summed E-state index contributed by atoms with van der Waals surface area (Å²) in [6.07, 6.45) is 6.29. The summed E-state index contributed by atoms with van der Waals surface area (Å²) in [6.45, 7) is 10.5. The number of nitrogens with one attached hydrogen (secondary N) is 1. The number of ether oxygens (including phenoxy) is 2. The van der Waals surface area contributed by atoms with E-state index in [-0.39, 0.29) is 0 Å². The molecule has 166 valence electrons. The molecule has 4 heteroatoms. The number of methoxy groups -OCH3 is 1. The Hall–Kier alpha value is -2.04. The summed E-state index contributed by atoms with van der Waals surface area (Å²) in [5, 5.41) is 3.60. The molecule has 0 aliphatic rings. The Morgan fingerprint density at radius 3 is 2.20 bits per heavy atom. The van der Waals surface area contributed by atoms with E-state index in [9.17, 15) is 0 Å². The molecule has 2 rings (SSSR count). The van der Waals surface area contributed by atoms with Crippen LogP contribution in [0.3, 0.4) is 0 Å². The highest BCUT2D eigenvalue weighted by molar-refractivity contribution is 5.46. The van der Waals surface area contributed by atoms with Gasteiger partial charge in [0.05, 0.1) is 7.11 Å². The van der Waals surface area contributed by atoms with Gasteiger partial charge < -0.3 is 19.7 Å². The second-order valence-electron chi connectivity index (χ2n) is 7.80. The number of hydrogen-bond acceptors (Lipinski definition) is 4. The van der Waals surface area contributed by atoms with Crippen LogP contribution >= 0.6 is 0 Å². The highest BCUT2D eigenvalue weighted by Crippen LogP contribution is 2.31. The van der Waals surface area contributed by atoms with Crippen LogP contribution in [0.15, 0.2) is 48.5 Å². The number of hydrogen-bond donors (Lipinski definition) is 1. The van der Waals surface area contributed by atoms with Gasteiger partial charge in [0.2, 0.25) is 0 Å². The summed E-state index contributed by atoms with van der Waals surface area (Å²) in [5.41, 5.74) is 2.29. The molecule has 0 amide bonds.